The molecule has 0 spiro atoms. The van der Waals surface area contributed by atoms with E-state index >= 15 is 0 Å². The van der Waals surface area contributed by atoms with E-state index in [0.29, 0.717) is 24.1 Å². The van der Waals surface area contributed by atoms with Crippen LogP contribution in [0.1, 0.15) is 22.4 Å². The van der Waals surface area contributed by atoms with Gasteiger partial charge in [0.15, 0.2) is 0 Å². The predicted molar refractivity (Wildman–Crippen MR) is 82.8 cm³/mol. The van der Waals surface area contributed by atoms with Gasteiger partial charge in [0, 0.05) is 18.3 Å². The molecule has 0 aliphatic heterocycles. The minimum absolute atomic E-state index is 0.173. The normalized spacial score (nSPS) is 11.8. The van der Waals surface area contributed by atoms with Crippen molar-refractivity contribution in [1.82, 2.24) is 9.71 Å². The zero-order valence-electron chi connectivity index (χ0n) is 12.0. The fraction of sp³-hybridized carbons (Fsp3) is 0.357. The number of hydrogen-bond donors (Lipinski definition) is 2. The average Bonchev–Trinajstić information content (AvgIpc) is 2.91. The van der Waals surface area contributed by atoms with Crippen LogP contribution in [0.4, 0.5) is 0 Å². The predicted octanol–water partition coefficient (Wildman–Crippen LogP) is 1.77. The Hall–Kier alpha value is -1.28. The minimum atomic E-state index is -3.58. The number of aryl methyl sites for hydroxylation is 2. The third-order valence-corrected chi connectivity index (χ3v) is 5.49. The summed E-state index contributed by atoms with van der Waals surface area (Å²) in [6.07, 6.45) is 0.556. The van der Waals surface area contributed by atoms with Crippen LogP contribution in [0.15, 0.2) is 27.9 Å². The third-order valence-electron chi connectivity index (χ3n) is 3.25. The summed E-state index contributed by atoms with van der Waals surface area (Å²) in [7, 11) is -3.58. The number of hydrogen-bond acceptors (Lipinski definition) is 5. The molecule has 7 heteroatoms. The zero-order chi connectivity index (χ0) is 15.5. The Balaban J connectivity index is 2.15. The molecule has 0 saturated heterocycles. The molecular weight excluding hydrogens is 308 g/mol. The number of aromatic nitrogens is 1. The zero-order valence-corrected chi connectivity index (χ0v) is 13.6. The maximum absolute atomic E-state index is 12.4. The minimum Gasteiger partial charge on any atom is -0.392 e. The highest BCUT2D eigenvalue weighted by Gasteiger charge is 2.18. The van der Waals surface area contributed by atoms with Crippen LogP contribution in [0.25, 0.3) is 0 Å². The molecule has 0 amide bonds. The number of thiazole rings is 1. The summed E-state index contributed by atoms with van der Waals surface area (Å²) >= 11 is 1.49. The molecule has 0 aliphatic rings. The van der Waals surface area contributed by atoms with Crippen LogP contribution < -0.4 is 4.72 Å². The van der Waals surface area contributed by atoms with Gasteiger partial charge in [-0.25, -0.2) is 18.1 Å². The number of nitrogens with zero attached hydrogens (tertiary/aromatic N) is 1. The number of benzene rings is 1. The molecule has 0 atom stereocenters. The Morgan fingerprint density at radius 3 is 2.67 bits per heavy atom. The lowest BCUT2D eigenvalue weighted by molar-refractivity contribution is 0.280. The Bertz CT molecular complexity index is 710. The van der Waals surface area contributed by atoms with Crippen molar-refractivity contribution in [2.75, 3.05) is 6.54 Å². The van der Waals surface area contributed by atoms with Gasteiger partial charge in [-0.05, 0) is 36.6 Å². The lowest BCUT2D eigenvalue weighted by atomic mass is 10.1. The van der Waals surface area contributed by atoms with Gasteiger partial charge in [0.2, 0.25) is 10.0 Å². The van der Waals surface area contributed by atoms with Crippen molar-refractivity contribution in [3.05, 3.63) is 45.4 Å². The summed E-state index contributed by atoms with van der Waals surface area (Å²) in [4.78, 5) is 4.33. The molecule has 1 aromatic carbocycles. The van der Waals surface area contributed by atoms with Gasteiger partial charge in [0.05, 0.1) is 22.7 Å². The van der Waals surface area contributed by atoms with Crippen LogP contribution in [-0.2, 0) is 23.1 Å². The highest BCUT2D eigenvalue weighted by atomic mass is 32.2. The molecule has 0 radical (unpaired) electrons. The molecule has 2 aromatic rings. The molecule has 5 nitrogen and oxygen atoms in total. The monoisotopic (exact) mass is 326 g/mol. The maximum Gasteiger partial charge on any atom is 0.240 e. The summed E-state index contributed by atoms with van der Waals surface area (Å²) in [5, 5.41) is 11.2. The van der Waals surface area contributed by atoms with Crippen molar-refractivity contribution in [3.8, 4) is 0 Å². The number of sulfonamides is 1. The van der Waals surface area contributed by atoms with Gasteiger partial charge in [-0.3, -0.25) is 0 Å². The van der Waals surface area contributed by atoms with E-state index in [1.165, 1.54) is 17.4 Å². The Labute approximate surface area is 128 Å². The van der Waals surface area contributed by atoms with E-state index < -0.39 is 10.0 Å². The molecule has 2 N–H and O–H groups in total. The van der Waals surface area contributed by atoms with E-state index in [9.17, 15) is 13.5 Å². The first kappa shape index (κ1) is 16.1. The smallest absolute Gasteiger partial charge is 0.240 e. The van der Waals surface area contributed by atoms with Gasteiger partial charge in [0.1, 0.15) is 0 Å². The summed E-state index contributed by atoms with van der Waals surface area (Å²) in [5.41, 5.74) is 4.78. The summed E-state index contributed by atoms with van der Waals surface area (Å²) in [6.45, 7) is 3.73. The van der Waals surface area contributed by atoms with Crippen LogP contribution >= 0.6 is 11.3 Å². The molecule has 0 aliphatic carbocycles. The first-order valence-corrected chi connectivity index (χ1v) is 8.94. The summed E-state index contributed by atoms with van der Waals surface area (Å²) < 4.78 is 27.3. The molecule has 0 saturated carbocycles. The number of aliphatic hydroxyl groups excluding tert-OH is 1. The van der Waals surface area contributed by atoms with Crippen LogP contribution in [0.3, 0.4) is 0 Å². The van der Waals surface area contributed by atoms with Crippen LogP contribution in [0.2, 0.25) is 0 Å². The van der Waals surface area contributed by atoms with Gasteiger partial charge in [-0.15, -0.1) is 11.3 Å². The van der Waals surface area contributed by atoms with Gasteiger partial charge < -0.3 is 5.11 Å². The molecule has 1 aromatic heterocycles. The SMILES string of the molecule is Cc1cc(C)c(S(=O)(=O)NCCc2cscn2)cc1CO. The Morgan fingerprint density at radius 1 is 1.29 bits per heavy atom. The van der Waals surface area contributed by atoms with Gasteiger partial charge in [-0.2, -0.15) is 0 Å². The maximum atomic E-state index is 12.4. The van der Waals surface area contributed by atoms with E-state index in [1.54, 1.807) is 18.5 Å². The molecule has 0 bridgehead atoms. The van der Waals surface area contributed by atoms with Crippen molar-refractivity contribution in [2.45, 2.75) is 31.8 Å². The van der Waals surface area contributed by atoms with Gasteiger partial charge in [0.25, 0.3) is 0 Å². The molecule has 2 rings (SSSR count). The van der Waals surface area contributed by atoms with Crippen molar-refractivity contribution in [1.29, 1.82) is 0 Å². The molecule has 0 unspecified atom stereocenters. The third kappa shape index (κ3) is 3.88. The van der Waals surface area contributed by atoms with E-state index in [2.05, 4.69) is 9.71 Å². The van der Waals surface area contributed by atoms with E-state index in [1.807, 2.05) is 12.3 Å². The number of nitrogens with one attached hydrogen (secondary N) is 1. The first-order valence-electron chi connectivity index (χ1n) is 6.52. The second-order valence-electron chi connectivity index (χ2n) is 4.83. The van der Waals surface area contributed by atoms with Crippen molar-refractivity contribution < 1.29 is 13.5 Å². The highest BCUT2D eigenvalue weighted by molar-refractivity contribution is 7.89. The van der Waals surface area contributed by atoms with E-state index in [0.717, 1.165) is 11.3 Å². The van der Waals surface area contributed by atoms with Gasteiger partial charge in [-0.1, -0.05) is 6.07 Å². The topological polar surface area (TPSA) is 79.3 Å². The van der Waals surface area contributed by atoms with E-state index in [-0.39, 0.29) is 11.5 Å². The fourth-order valence-electron chi connectivity index (χ4n) is 2.09. The molecule has 0 fully saturated rings. The van der Waals surface area contributed by atoms with Crippen LogP contribution in [0, 0.1) is 13.8 Å². The molecule has 114 valence electrons. The molecule has 21 heavy (non-hydrogen) atoms. The Morgan fingerprint density at radius 2 is 2.05 bits per heavy atom. The summed E-state index contributed by atoms with van der Waals surface area (Å²) in [5.74, 6) is 0. The quantitative estimate of drug-likeness (QED) is 0.848. The van der Waals surface area contributed by atoms with Gasteiger partial charge >= 0.3 is 0 Å². The van der Waals surface area contributed by atoms with E-state index in [4.69, 9.17) is 0 Å². The largest absolute Gasteiger partial charge is 0.392 e. The lowest BCUT2D eigenvalue weighted by Crippen LogP contribution is -2.27. The van der Waals surface area contributed by atoms with Crippen LogP contribution in [-0.4, -0.2) is 25.1 Å². The first-order chi connectivity index (χ1) is 9.94. The fourth-order valence-corrected chi connectivity index (χ4v) is 3.99. The second-order valence-corrected chi connectivity index (χ2v) is 7.28. The van der Waals surface area contributed by atoms with Crippen LogP contribution in [0.5, 0.6) is 0 Å². The summed E-state index contributed by atoms with van der Waals surface area (Å²) in [6, 6.07) is 3.32. The van der Waals surface area contributed by atoms with Crippen molar-refractivity contribution >= 4 is 21.4 Å². The molecule has 1 heterocycles. The number of rotatable bonds is 6. The Kier molecular flexibility index (Phi) is 5.10. The van der Waals surface area contributed by atoms with Crippen molar-refractivity contribution in [2.24, 2.45) is 0 Å². The average molecular weight is 326 g/mol. The van der Waals surface area contributed by atoms with Crippen molar-refractivity contribution in [3.63, 3.8) is 0 Å². The second kappa shape index (κ2) is 6.65. The lowest BCUT2D eigenvalue weighted by Gasteiger charge is -2.12. The number of aliphatic hydroxyl groups is 1. The highest BCUT2D eigenvalue weighted by Crippen LogP contribution is 2.20. The standard InChI is InChI=1S/C14H18N2O3S2/c1-10-5-11(2)14(6-12(10)7-17)21(18,19)16-4-3-13-8-20-9-15-13/h5-6,8-9,16-17H,3-4,7H2,1-2H3. The molecular formula is C14H18N2O3S2.